The minimum absolute atomic E-state index is 0.171. The van der Waals surface area contributed by atoms with Gasteiger partial charge in [0.15, 0.2) is 0 Å². The second kappa shape index (κ2) is 6.43. The van der Waals surface area contributed by atoms with E-state index in [1.807, 2.05) is 13.0 Å². The van der Waals surface area contributed by atoms with E-state index in [0.717, 1.165) is 11.1 Å². The Bertz CT molecular complexity index is 575. The van der Waals surface area contributed by atoms with Gasteiger partial charge in [0, 0.05) is 18.0 Å². The van der Waals surface area contributed by atoms with E-state index in [9.17, 15) is 8.78 Å². The highest BCUT2D eigenvalue weighted by Crippen LogP contribution is 2.31. The summed E-state index contributed by atoms with van der Waals surface area (Å²) in [6.07, 6.45) is 3.43. The molecular weight excluding hydrogens is 262 g/mol. The van der Waals surface area contributed by atoms with Gasteiger partial charge >= 0.3 is 6.61 Å². The molecule has 20 heavy (non-hydrogen) atoms. The number of nitrogens with one attached hydrogen (secondary N) is 1. The molecule has 0 fully saturated rings. The first-order chi connectivity index (χ1) is 9.63. The van der Waals surface area contributed by atoms with Gasteiger partial charge in [0.1, 0.15) is 5.75 Å². The third-order valence-corrected chi connectivity index (χ3v) is 3.13. The molecule has 1 aromatic carbocycles. The standard InChI is InChI=1S/C15H16F2N2O/c1-10-7-8-19-9-12(10)14(18-2)11-5-3-4-6-13(11)20-15(16)17/h3-9,14-15,18H,1-2H3. The summed E-state index contributed by atoms with van der Waals surface area (Å²) in [6, 6.07) is 8.41. The number of hydrogen-bond acceptors (Lipinski definition) is 3. The van der Waals surface area contributed by atoms with Crippen molar-refractivity contribution in [3.05, 3.63) is 59.4 Å². The van der Waals surface area contributed by atoms with Crippen LogP contribution in [0.25, 0.3) is 0 Å². The molecule has 2 rings (SSSR count). The number of halogens is 2. The quantitative estimate of drug-likeness (QED) is 0.911. The van der Waals surface area contributed by atoms with Crippen LogP contribution in [0, 0.1) is 6.92 Å². The van der Waals surface area contributed by atoms with Gasteiger partial charge < -0.3 is 10.1 Å². The third kappa shape index (κ3) is 3.11. The molecule has 1 aromatic heterocycles. The zero-order valence-electron chi connectivity index (χ0n) is 11.3. The fourth-order valence-electron chi connectivity index (χ4n) is 2.18. The van der Waals surface area contributed by atoms with Crippen LogP contribution in [-0.4, -0.2) is 18.6 Å². The Hall–Kier alpha value is -2.01. The number of alkyl halides is 2. The average Bonchev–Trinajstić information content (AvgIpc) is 2.43. The van der Waals surface area contributed by atoms with E-state index in [1.54, 1.807) is 37.6 Å². The molecule has 2 aromatic rings. The SMILES string of the molecule is CNC(c1cnccc1C)c1ccccc1OC(F)F. The van der Waals surface area contributed by atoms with Crippen molar-refractivity contribution in [2.75, 3.05) is 7.05 Å². The van der Waals surface area contributed by atoms with Crippen molar-refractivity contribution in [3.8, 4) is 5.75 Å². The lowest BCUT2D eigenvalue weighted by atomic mass is 9.96. The van der Waals surface area contributed by atoms with Gasteiger partial charge in [-0.1, -0.05) is 18.2 Å². The fourth-order valence-corrected chi connectivity index (χ4v) is 2.18. The first-order valence-electron chi connectivity index (χ1n) is 6.25. The Morgan fingerprint density at radius 1 is 1.15 bits per heavy atom. The summed E-state index contributed by atoms with van der Waals surface area (Å²) >= 11 is 0. The van der Waals surface area contributed by atoms with Crippen molar-refractivity contribution in [2.45, 2.75) is 19.6 Å². The van der Waals surface area contributed by atoms with E-state index in [1.165, 1.54) is 6.07 Å². The summed E-state index contributed by atoms with van der Waals surface area (Å²) in [5, 5.41) is 3.12. The Morgan fingerprint density at radius 2 is 1.90 bits per heavy atom. The van der Waals surface area contributed by atoms with E-state index in [2.05, 4.69) is 15.0 Å². The third-order valence-electron chi connectivity index (χ3n) is 3.13. The van der Waals surface area contributed by atoms with Crippen LogP contribution in [0.15, 0.2) is 42.7 Å². The maximum Gasteiger partial charge on any atom is 0.387 e. The number of para-hydroxylation sites is 1. The molecule has 1 heterocycles. The van der Waals surface area contributed by atoms with Crippen LogP contribution in [0.5, 0.6) is 5.75 Å². The number of hydrogen-bond donors (Lipinski definition) is 1. The smallest absolute Gasteiger partial charge is 0.387 e. The summed E-state index contributed by atoms with van der Waals surface area (Å²) in [6.45, 7) is -0.888. The van der Waals surface area contributed by atoms with Gasteiger partial charge in [-0.25, -0.2) is 0 Å². The fraction of sp³-hybridized carbons (Fsp3) is 0.267. The molecule has 0 bridgehead atoms. The minimum Gasteiger partial charge on any atom is -0.434 e. The lowest BCUT2D eigenvalue weighted by Crippen LogP contribution is -2.20. The molecule has 1 N–H and O–H groups in total. The Labute approximate surface area is 116 Å². The molecule has 3 nitrogen and oxygen atoms in total. The van der Waals surface area contributed by atoms with Crippen LogP contribution in [-0.2, 0) is 0 Å². The number of rotatable bonds is 5. The van der Waals surface area contributed by atoms with Crippen LogP contribution in [0.1, 0.15) is 22.7 Å². The van der Waals surface area contributed by atoms with Crippen LogP contribution in [0.3, 0.4) is 0 Å². The van der Waals surface area contributed by atoms with E-state index in [4.69, 9.17) is 0 Å². The van der Waals surface area contributed by atoms with Crippen LogP contribution >= 0.6 is 0 Å². The second-order valence-electron chi connectivity index (χ2n) is 4.37. The lowest BCUT2D eigenvalue weighted by molar-refractivity contribution is -0.0506. The normalized spacial score (nSPS) is 12.4. The summed E-state index contributed by atoms with van der Waals surface area (Å²) in [4.78, 5) is 4.10. The molecule has 0 radical (unpaired) electrons. The zero-order valence-corrected chi connectivity index (χ0v) is 11.3. The maximum absolute atomic E-state index is 12.5. The Morgan fingerprint density at radius 3 is 2.55 bits per heavy atom. The topological polar surface area (TPSA) is 34.2 Å². The summed E-state index contributed by atoms with van der Waals surface area (Å²) < 4.78 is 29.6. The molecule has 0 aliphatic carbocycles. The van der Waals surface area contributed by atoms with E-state index < -0.39 is 6.61 Å². The van der Waals surface area contributed by atoms with Gasteiger partial charge in [-0.05, 0) is 37.2 Å². The highest BCUT2D eigenvalue weighted by Gasteiger charge is 2.19. The number of pyridine rings is 1. The lowest BCUT2D eigenvalue weighted by Gasteiger charge is -2.21. The maximum atomic E-state index is 12.5. The molecule has 0 amide bonds. The van der Waals surface area contributed by atoms with Gasteiger partial charge in [-0.15, -0.1) is 0 Å². The van der Waals surface area contributed by atoms with Crippen molar-refractivity contribution < 1.29 is 13.5 Å². The van der Waals surface area contributed by atoms with Gasteiger partial charge in [0.2, 0.25) is 0 Å². The molecule has 0 saturated carbocycles. The molecule has 1 atom stereocenters. The monoisotopic (exact) mass is 278 g/mol. The van der Waals surface area contributed by atoms with E-state index in [0.29, 0.717) is 5.56 Å². The average molecular weight is 278 g/mol. The molecule has 1 unspecified atom stereocenters. The predicted molar refractivity (Wildman–Crippen MR) is 73.0 cm³/mol. The highest BCUT2D eigenvalue weighted by molar-refractivity contribution is 5.43. The summed E-state index contributed by atoms with van der Waals surface area (Å²) in [7, 11) is 1.77. The summed E-state index contributed by atoms with van der Waals surface area (Å²) in [5.41, 5.74) is 2.62. The van der Waals surface area contributed by atoms with Crippen molar-refractivity contribution in [1.82, 2.24) is 10.3 Å². The number of nitrogens with zero attached hydrogens (tertiary/aromatic N) is 1. The number of aryl methyl sites for hydroxylation is 1. The minimum atomic E-state index is -2.84. The first kappa shape index (κ1) is 14.4. The Balaban J connectivity index is 2.45. The van der Waals surface area contributed by atoms with Crippen molar-refractivity contribution in [2.24, 2.45) is 0 Å². The largest absolute Gasteiger partial charge is 0.434 e. The van der Waals surface area contributed by atoms with Crippen molar-refractivity contribution >= 4 is 0 Å². The number of ether oxygens (including phenoxy) is 1. The predicted octanol–water partition coefficient (Wildman–Crippen LogP) is 3.30. The molecule has 5 heteroatoms. The van der Waals surface area contributed by atoms with Gasteiger partial charge in [0.05, 0.1) is 6.04 Å². The number of benzene rings is 1. The molecule has 106 valence electrons. The van der Waals surface area contributed by atoms with Crippen molar-refractivity contribution in [1.29, 1.82) is 0 Å². The van der Waals surface area contributed by atoms with Gasteiger partial charge in [0.25, 0.3) is 0 Å². The first-order valence-corrected chi connectivity index (χ1v) is 6.25. The molecular formula is C15H16F2N2O. The number of aromatic nitrogens is 1. The van der Waals surface area contributed by atoms with Gasteiger partial charge in [-0.3, -0.25) is 4.98 Å². The molecule has 0 saturated heterocycles. The summed E-state index contributed by atoms with van der Waals surface area (Å²) in [5.74, 6) is 0.171. The van der Waals surface area contributed by atoms with E-state index >= 15 is 0 Å². The second-order valence-corrected chi connectivity index (χ2v) is 4.37. The Kier molecular flexibility index (Phi) is 4.63. The van der Waals surface area contributed by atoms with Crippen molar-refractivity contribution in [3.63, 3.8) is 0 Å². The van der Waals surface area contributed by atoms with Gasteiger partial charge in [-0.2, -0.15) is 8.78 Å². The molecule has 0 aliphatic rings. The molecule has 0 aliphatic heterocycles. The highest BCUT2D eigenvalue weighted by atomic mass is 19.3. The van der Waals surface area contributed by atoms with Crippen LogP contribution in [0.4, 0.5) is 8.78 Å². The van der Waals surface area contributed by atoms with E-state index in [-0.39, 0.29) is 11.8 Å². The zero-order chi connectivity index (χ0) is 14.5. The van der Waals surface area contributed by atoms with Crippen LogP contribution < -0.4 is 10.1 Å². The van der Waals surface area contributed by atoms with Crippen LogP contribution in [0.2, 0.25) is 0 Å². The molecule has 0 spiro atoms.